The third-order valence-corrected chi connectivity index (χ3v) is 4.09. The molecule has 1 aromatic heterocycles. The molecule has 1 amide bonds. The molecule has 23 heavy (non-hydrogen) atoms. The topological polar surface area (TPSA) is 42.2 Å². The Bertz CT molecular complexity index is 896. The highest BCUT2D eigenvalue weighted by molar-refractivity contribution is 5.96. The molecule has 0 aliphatic rings. The van der Waals surface area contributed by atoms with Gasteiger partial charge in [-0.15, -0.1) is 0 Å². The number of fused-ring (bicyclic) bond motifs is 1. The first-order valence-corrected chi connectivity index (χ1v) is 7.48. The molecular formula is C19H18FNO2. The molecule has 0 unspecified atom stereocenters. The van der Waals surface area contributed by atoms with Gasteiger partial charge in [0.05, 0.1) is 18.4 Å². The Balaban J connectivity index is 1.82. The van der Waals surface area contributed by atoms with Crippen LogP contribution in [0.4, 0.5) is 10.1 Å². The van der Waals surface area contributed by atoms with Crippen molar-refractivity contribution in [3.05, 3.63) is 64.7 Å². The minimum atomic E-state index is -0.429. The van der Waals surface area contributed by atoms with Gasteiger partial charge in [0.25, 0.3) is 0 Å². The summed E-state index contributed by atoms with van der Waals surface area (Å²) in [6, 6.07) is 8.70. The average Bonchev–Trinajstić information content (AvgIpc) is 2.89. The Morgan fingerprint density at radius 1 is 1.17 bits per heavy atom. The summed E-state index contributed by atoms with van der Waals surface area (Å²) in [5, 5.41) is 3.53. The summed E-state index contributed by atoms with van der Waals surface area (Å²) in [5.74, 6) is -0.699. The SMILES string of the molecule is Cc1ccc(NC(=O)Cc2coc3c(C)c(C)ccc23)c(F)c1. The highest BCUT2D eigenvalue weighted by Crippen LogP contribution is 2.27. The molecule has 0 atom stereocenters. The lowest BCUT2D eigenvalue weighted by Crippen LogP contribution is -2.15. The maximum Gasteiger partial charge on any atom is 0.229 e. The molecule has 0 fully saturated rings. The fourth-order valence-corrected chi connectivity index (χ4v) is 2.61. The van der Waals surface area contributed by atoms with Crippen molar-refractivity contribution >= 4 is 22.6 Å². The minimum Gasteiger partial charge on any atom is -0.464 e. The molecule has 3 rings (SSSR count). The Kier molecular flexibility index (Phi) is 3.90. The van der Waals surface area contributed by atoms with Gasteiger partial charge in [-0.3, -0.25) is 4.79 Å². The van der Waals surface area contributed by atoms with E-state index in [1.165, 1.54) is 6.07 Å². The van der Waals surface area contributed by atoms with E-state index in [-0.39, 0.29) is 18.0 Å². The van der Waals surface area contributed by atoms with Gasteiger partial charge in [-0.2, -0.15) is 0 Å². The largest absolute Gasteiger partial charge is 0.464 e. The summed E-state index contributed by atoms with van der Waals surface area (Å²) >= 11 is 0. The molecule has 0 saturated carbocycles. The van der Waals surface area contributed by atoms with Gasteiger partial charge in [0.2, 0.25) is 5.91 Å². The van der Waals surface area contributed by atoms with Gasteiger partial charge >= 0.3 is 0 Å². The lowest BCUT2D eigenvalue weighted by molar-refractivity contribution is -0.115. The number of carbonyl (C=O) groups excluding carboxylic acids is 1. The molecule has 0 spiro atoms. The number of benzene rings is 2. The van der Waals surface area contributed by atoms with Gasteiger partial charge in [-0.1, -0.05) is 18.2 Å². The Morgan fingerprint density at radius 3 is 2.70 bits per heavy atom. The molecule has 0 aliphatic heterocycles. The monoisotopic (exact) mass is 311 g/mol. The van der Waals surface area contributed by atoms with Crippen LogP contribution in [-0.2, 0) is 11.2 Å². The first-order chi connectivity index (χ1) is 11.0. The van der Waals surface area contributed by atoms with Crippen molar-refractivity contribution in [2.45, 2.75) is 27.2 Å². The molecule has 2 aromatic carbocycles. The molecule has 3 nitrogen and oxygen atoms in total. The van der Waals surface area contributed by atoms with Crippen LogP contribution in [0.1, 0.15) is 22.3 Å². The van der Waals surface area contributed by atoms with Crippen molar-refractivity contribution in [1.82, 2.24) is 0 Å². The maximum absolute atomic E-state index is 13.8. The van der Waals surface area contributed by atoms with Crippen LogP contribution in [0.5, 0.6) is 0 Å². The predicted octanol–water partition coefficient (Wildman–Crippen LogP) is 4.68. The van der Waals surface area contributed by atoms with Crippen molar-refractivity contribution < 1.29 is 13.6 Å². The van der Waals surface area contributed by atoms with Gasteiger partial charge < -0.3 is 9.73 Å². The predicted molar refractivity (Wildman–Crippen MR) is 89.2 cm³/mol. The number of halogens is 1. The van der Waals surface area contributed by atoms with E-state index in [1.54, 1.807) is 25.3 Å². The summed E-state index contributed by atoms with van der Waals surface area (Å²) < 4.78 is 19.4. The van der Waals surface area contributed by atoms with Crippen molar-refractivity contribution in [3.8, 4) is 0 Å². The third kappa shape index (κ3) is 2.97. The van der Waals surface area contributed by atoms with E-state index in [0.717, 1.165) is 33.2 Å². The first-order valence-electron chi connectivity index (χ1n) is 7.48. The second-order valence-corrected chi connectivity index (χ2v) is 5.85. The summed E-state index contributed by atoms with van der Waals surface area (Å²) in [7, 11) is 0. The number of furan rings is 1. The minimum absolute atomic E-state index is 0.142. The smallest absolute Gasteiger partial charge is 0.229 e. The quantitative estimate of drug-likeness (QED) is 0.763. The van der Waals surface area contributed by atoms with Gasteiger partial charge in [-0.25, -0.2) is 4.39 Å². The zero-order valence-corrected chi connectivity index (χ0v) is 13.4. The van der Waals surface area contributed by atoms with Crippen molar-refractivity contribution in [3.63, 3.8) is 0 Å². The van der Waals surface area contributed by atoms with Crippen LogP contribution >= 0.6 is 0 Å². The Hall–Kier alpha value is -2.62. The number of nitrogens with one attached hydrogen (secondary N) is 1. The second-order valence-electron chi connectivity index (χ2n) is 5.85. The number of hydrogen-bond acceptors (Lipinski definition) is 2. The van der Waals surface area contributed by atoms with Crippen LogP contribution in [0.25, 0.3) is 11.0 Å². The van der Waals surface area contributed by atoms with E-state index in [0.29, 0.717) is 0 Å². The van der Waals surface area contributed by atoms with Gasteiger partial charge in [0, 0.05) is 10.9 Å². The highest BCUT2D eigenvalue weighted by atomic mass is 19.1. The molecule has 0 bridgehead atoms. The second kappa shape index (κ2) is 5.88. The molecule has 0 saturated heterocycles. The number of amides is 1. The number of carbonyl (C=O) groups is 1. The molecule has 3 aromatic rings. The van der Waals surface area contributed by atoms with Crippen LogP contribution in [0.3, 0.4) is 0 Å². The standard InChI is InChI=1S/C19H18FNO2/c1-11-4-7-17(16(20)8-11)21-18(22)9-14-10-23-19-13(3)12(2)5-6-15(14)19/h4-8,10H,9H2,1-3H3,(H,21,22). The van der Waals surface area contributed by atoms with Crippen LogP contribution in [0, 0.1) is 26.6 Å². The normalized spacial score (nSPS) is 11.0. The zero-order chi connectivity index (χ0) is 16.6. The van der Waals surface area contributed by atoms with E-state index in [2.05, 4.69) is 5.32 Å². The van der Waals surface area contributed by atoms with E-state index in [4.69, 9.17) is 4.42 Å². The van der Waals surface area contributed by atoms with Crippen molar-refractivity contribution in [2.24, 2.45) is 0 Å². The molecule has 1 heterocycles. The maximum atomic E-state index is 13.8. The average molecular weight is 311 g/mol. The van der Waals surface area contributed by atoms with Crippen molar-refractivity contribution in [2.75, 3.05) is 5.32 Å². The summed E-state index contributed by atoms with van der Waals surface area (Å²) in [4.78, 5) is 12.2. The van der Waals surface area contributed by atoms with E-state index < -0.39 is 5.82 Å². The van der Waals surface area contributed by atoms with E-state index in [1.807, 2.05) is 26.0 Å². The summed E-state index contributed by atoms with van der Waals surface area (Å²) in [5.41, 5.74) is 4.82. The van der Waals surface area contributed by atoms with E-state index >= 15 is 0 Å². The zero-order valence-electron chi connectivity index (χ0n) is 13.4. The lowest BCUT2D eigenvalue weighted by atomic mass is 10.0. The number of rotatable bonds is 3. The molecule has 1 N–H and O–H groups in total. The third-order valence-electron chi connectivity index (χ3n) is 4.09. The van der Waals surface area contributed by atoms with Crippen molar-refractivity contribution in [1.29, 1.82) is 0 Å². The molecule has 0 aliphatic carbocycles. The van der Waals surface area contributed by atoms with E-state index in [9.17, 15) is 9.18 Å². The van der Waals surface area contributed by atoms with Crippen LogP contribution < -0.4 is 5.32 Å². The van der Waals surface area contributed by atoms with Crippen LogP contribution in [-0.4, -0.2) is 5.91 Å². The van der Waals surface area contributed by atoms with Crippen LogP contribution in [0.2, 0.25) is 0 Å². The number of anilines is 1. The Labute approximate surface area is 134 Å². The fourth-order valence-electron chi connectivity index (χ4n) is 2.61. The highest BCUT2D eigenvalue weighted by Gasteiger charge is 2.14. The fraction of sp³-hybridized carbons (Fsp3) is 0.211. The molecule has 118 valence electrons. The molecule has 4 heteroatoms. The number of aryl methyl sites for hydroxylation is 3. The van der Waals surface area contributed by atoms with Crippen LogP contribution in [0.15, 0.2) is 41.0 Å². The van der Waals surface area contributed by atoms with Gasteiger partial charge in [0.15, 0.2) is 0 Å². The first kappa shape index (κ1) is 15.3. The Morgan fingerprint density at radius 2 is 1.96 bits per heavy atom. The lowest BCUT2D eigenvalue weighted by Gasteiger charge is -2.07. The molecule has 0 radical (unpaired) electrons. The van der Waals surface area contributed by atoms with Gasteiger partial charge in [-0.05, 0) is 49.6 Å². The summed E-state index contributed by atoms with van der Waals surface area (Å²) in [6.45, 7) is 5.81. The number of hydrogen-bond donors (Lipinski definition) is 1. The van der Waals surface area contributed by atoms with Gasteiger partial charge in [0.1, 0.15) is 11.4 Å². The summed E-state index contributed by atoms with van der Waals surface area (Å²) in [6.07, 6.45) is 1.74. The molecular weight excluding hydrogens is 293 g/mol.